The summed E-state index contributed by atoms with van der Waals surface area (Å²) >= 11 is 11.9. The van der Waals surface area contributed by atoms with Gasteiger partial charge in [0.25, 0.3) is 0 Å². The molecule has 0 unspecified atom stereocenters. The van der Waals surface area contributed by atoms with Gasteiger partial charge in [-0.25, -0.2) is 0 Å². The Labute approximate surface area is 112 Å². The van der Waals surface area contributed by atoms with Crippen molar-refractivity contribution < 1.29 is 4.79 Å². The van der Waals surface area contributed by atoms with Gasteiger partial charge in [0.05, 0.1) is 10.0 Å². The fourth-order valence-corrected chi connectivity index (χ4v) is 2.40. The molecular weight excluding hydrogens is 257 g/mol. The van der Waals surface area contributed by atoms with E-state index in [1.54, 1.807) is 12.1 Å². The van der Waals surface area contributed by atoms with Crippen molar-refractivity contribution in [1.29, 1.82) is 0 Å². The number of nitrogens with two attached hydrogens (primary N) is 1. The van der Waals surface area contributed by atoms with Crippen molar-refractivity contribution in [2.24, 2.45) is 5.73 Å². The zero-order valence-electron chi connectivity index (χ0n) is 10.3. The SMILES string of the molecule is CCCC(C)(C)c1cc(Cl)c(Cl)cc1C(N)=O. The van der Waals surface area contributed by atoms with Crippen molar-refractivity contribution in [2.45, 2.75) is 39.0 Å². The number of rotatable bonds is 4. The number of hydrogen-bond acceptors (Lipinski definition) is 1. The highest BCUT2D eigenvalue weighted by Gasteiger charge is 2.25. The molecule has 0 fully saturated rings. The molecule has 2 N–H and O–H groups in total. The van der Waals surface area contributed by atoms with Gasteiger partial charge < -0.3 is 5.73 Å². The van der Waals surface area contributed by atoms with E-state index in [2.05, 4.69) is 20.8 Å². The van der Waals surface area contributed by atoms with Crippen LogP contribution in [0, 0.1) is 0 Å². The maximum Gasteiger partial charge on any atom is 0.249 e. The van der Waals surface area contributed by atoms with Crippen molar-refractivity contribution in [1.82, 2.24) is 0 Å². The molecule has 17 heavy (non-hydrogen) atoms. The summed E-state index contributed by atoms with van der Waals surface area (Å²) in [6, 6.07) is 3.30. The molecule has 0 spiro atoms. The topological polar surface area (TPSA) is 43.1 Å². The Hall–Kier alpha value is -0.730. The second-order valence-corrected chi connectivity index (χ2v) is 5.62. The number of benzene rings is 1. The van der Waals surface area contributed by atoms with E-state index in [-0.39, 0.29) is 5.41 Å². The van der Waals surface area contributed by atoms with Crippen molar-refractivity contribution in [3.8, 4) is 0 Å². The van der Waals surface area contributed by atoms with Crippen molar-refractivity contribution >= 4 is 29.1 Å². The minimum atomic E-state index is -0.470. The predicted octanol–water partition coefficient (Wildman–Crippen LogP) is 4.17. The molecule has 0 saturated heterocycles. The van der Waals surface area contributed by atoms with E-state index in [0.29, 0.717) is 15.6 Å². The Morgan fingerprint density at radius 1 is 1.29 bits per heavy atom. The van der Waals surface area contributed by atoms with Crippen LogP contribution < -0.4 is 5.73 Å². The van der Waals surface area contributed by atoms with Gasteiger partial charge in [0.15, 0.2) is 0 Å². The van der Waals surface area contributed by atoms with E-state index in [9.17, 15) is 4.79 Å². The van der Waals surface area contributed by atoms with Crippen LogP contribution in [0.5, 0.6) is 0 Å². The molecule has 0 aliphatic carbocycles. The fraction of sp³-hybridized carbons (Fsp3) is 0.462. The first kappa shape index (κ1) is 14.3. The number of amides is 1. The standard InChI is InChI=1S/C13H17Cl2NO/c1-4-5-13(2,3)9-7-11(15)10(14)6-8(9)12(16)17/h6-7H,4-5H2,1-3H3,(H2,16,17). The molecule has 0 aliphatic heterocycles. The maximum atomic E-state index is 11.5. The summed E-state index contributed by atoms with van der Waals surface area (Å²) in [5.74, 6) is -0.470. The van der Waals surface area contributed by atoms with Crippen LogP contribution in [0.3, 0.4) is 0 Å². The van der Waals surface area contributed by atoms with Crippen LogP contribution in [-0.4, -0.2) is 5.91 Å². The normalized spacial score (nSPS) is 11.6. The smallest absolute Gasteiger partial charge is 0.249 e. The van der Waals surface area contributed by atoms with E-state index in [1.165, 1.54) is 0 Å². The van der Waals surface area contributed by atoms with Crippen LogP contribution in [-0.2, 0) is 5.41 Å². The van der Waals surface area contributed by atoms with Gasteiger partial charge in [0.2, 0.25) is 5.91 Å². The largest absolute Gasteiger partial charge is 0.366 e. The average Bonchev–Trinajstić information content (AvgIpc) is 2.20. The maximum absolute atomic E-state index is 11.5. The Morgan fingerprint density at radius 3 is 2.29 bits per heavy atom. The van der Waals surface area contributed by atoms with Crippen LogP contribution in [0.2, 0.25) is 10.0 Å². The van der Waals surface area contributed by atoms with Gasteiger partial charge in [0, 0.05) is 5.56 Å². The van der Waals surface area contributed by atoms with Crippen LogP contribution in [0.1, 0.15) is 49.5 Å². The van der Waals surface area contributed by atoms with E-state index in [0.717, 1.165) is 18.4 Å². The summed E-state index contributed by atoms with van der Waals surface area (Å²) in [7, 11) is 0. The highest BCUT2D eigenvalue weighted by Crippen LogP contribution is 2.35. The Bertz CT molecular complexity index is 441. The Kier molecular flexibility index (Phi) is 4.45. The van der Waals surface area contributed by atoms with E-state index in [4.69, 9.17) is 28.9 Å². The summed E-state index contributed by atoms with van der Waals surface area (Å²) in [5, 5.41) is 0.812. The lowest BCUT2D eigenvalue weighted by Crippen LogP contribution is -2.23. The molecule has 1 aromatic rings. The van der Waals surface area contributed by atoms with Crippen LogP contribution in [0.4, 0.5) is 0 Å². The third-order valence-electron chi connectivity index (χ3n) is 2.93. The van der Waals surface area contributed by atoms with Gasteiger partial charge in [-0.3, -0.25) is 4.79 Å². The second-order valence-electron chi connectivity index (χ2n) is 4.81. The molecule has 0 atom stereocenters. The lowest BCUT2D eigenvalue weighted by Gasteiger charge is -2.27. The van der Waals surface area contributed by atoms with E-state index in [1.807, 2.05) is 0 Å². The van der Waals surface area contributed by atoms with E-state index >= 15 is 0 Å². The molecule has 4 heteroatoms. The Balaban J connectivity index is 3.40. The highest BCUT2D eigenvalue weighted by molar-refractivity contribution is 6.42. The summed E-state index contributed by atoms with van der Waals surface area (Å²) in [6.45, 7) is 6.24. The van der Waals surface area contributed by atoms with Gasteiger partial charge in [-0.2, -0.15) is 0 Å². The first-order valence-corrected chi connectivity index (χ1v) is 6.34. The molecule has 1 amide bonds. The third kappa shape index (κ3) is 3.14. The molecule has 0 bridgehead atoms. The molecule has 1 aromatic carbocycles. The molecule has 0 saturated carbocycles. The zero-order valence-corrected chi connectivity index (χ0v) is 11.8. The number of hydrogen-bond donors (Lipinski definition) is 1. The summed E-state index contributed by atoms with van der Waals surface area (Å²) < 4.78 is 0. The molecule has 0 radical (unpaired) electrons. The van der Waals surface area contributed by atoms with Gasteiger partial charge in [-0.05, 0) is 29.5 Å². The van der Waals surface area contributed by atoms with Crippen molar-refractivity contribution in [3.63, 3.8) is 0 Å². The predicted molar refractivity (Wildman–Crippen MR) is 72.9 cm³/mol. The first-order valence-electron chi connectivity index (χ1n) is 5.59. The molecule has 0 aliphatic rings. The molecular formula is C13H17Cl2NO. The number of halogens is 2. The van der Waals surface area contributed by atoms with Gasteiger partial charge in [-0.15, -0.1) is 0 Å². The van der Waals surface area contributed by atoms with Crippen molar-refractivity contribution in [2.75, 3.05) is 0 Å². The van der Waals surface area contributed by atoms with Crippen LogP contribution in [0.15, 0.2) is 12.1 Å². The van der Waals surface area contributed by atoms with E-state index < -0.39 is 5.91 Å². The summed E-state index contributed by atoms with van der Waals surface area (Å²) in [5.41, 5.74) is 6.56. The Morgan fingerprint density at radius 2 is 1.82 bits per heavy atom. The van der Waals surface area contributed by atoms with Crippen LogP contribution in [0.25, 0.3) is 0 Å². The number of carbonyl (C=O) groups excluding carboxylic acids is 1. The molecule has 1 rings (SSSR count). The quantitative estimate of drug-likeness (QED) is 0.879. The summed E-state index contributed by atoms with van der Waals surface area (Å²) in [6.07, 6.45) is 1.97. The second kappa shape index (κ2) is 5.28. The average molecular weight is 274 g/mol. The minimum absolute atomic E-state index is 0.145. The van der Waals surface area contributed by atoms with Gasteiger partial charge in [0.1, 0.15) is 0 Å². The molecule has 2 nitrogen and oxygen atoms in total. The van der Waals surface area contributed by atoms with Gasteiger partial charge in [-0.1, -0.05) is 50.4 Å². The molecule has 0 aromatic heterocycles. The third-order valence-corrected chi connectivity index (χ3v) is 3.65. The van der Waals surface area contributed by atoms with Gasteiger partial charge >= 0.3 is 0 Å². The van der Waals surface area contributed by atoms with Crippen molar-refractivity contribution in [3.05, 3.63) is 33.3 Å². The number of carbonyl (C=O) groups is 1. The highest BCUT2D eigenvalue weighted by atomic mass is 35.5. The lowest BCUT2D eigenvalue weighted by molar-refractivity contribution is 0.0998. The molecule has 0 heterocycles. The summed E-state index contributed by atoms with van der Waals surface area (Å²) in [4.78, 5) is 11.5. The first-order chi connectivity index (χ1) is 7.79. The minimum Gasteiger partial charge on any atom is -0.366 e. The number of primary amides is 1. The molecule has 94 valence electrons. The monoisotopic (exact) mass is 273 g/mol. The van der Waals surface area contributed by atoms with Crippen LogP contribution >= 0.6 is 23.2 Å². The lowest BCUT2D eigenvalue weighted by atomic mass is 9.78. The zero-order chi connectivity index (χ0) is 13.2. The fourth-order valence-electron chi connectivity index (χ4n) is 2.07.